The van der Waals surface area contributed by atoms with Crippen molar-refractivity contribution in [2.24, 2.45) is 5.92 Å². The number of anilines is 1. The van der Waals surface area contributed by atoms with Crippen molar-refractivity contribution in [2.75, 3.05) is 32.1 Å². The molecule has 1 aliphatic heterocycles. The molecule has 1 fully saturated rings. The van der Waals surface area contributed by atoms with Gasteiger partial charge in [0, 0.05) is 22.9 Å². The number of esters is 1. The highest BCUT2D eigenvalue weighted by Crippen LogP contribution is 2.32. The standard InChI is InChI=1S/C21H26N2O4.ClH/c1-26-21(25)14-27-19-8-7-18(16-4-2-3-5-17(16)19)23-20(24)9-6-15-10-12-22-13-11-15;/h2-5,7-8,15,22H,6,9-14H2,1H3,(H,23,24);1H. The van der Waals surface area contributed by atoms with Crippen molar-refractivity contribution in [3.05, 3.63) is 36.4 Å². The molecule has 0 bridgehead atoms. The maximum Gasteiger partial charge on any atom is 0.343 e. The normalized spacial score (nSPS) is 14.2. The number of carbonyl (C=O) groups is 2. The molecule has 1 saturated heterocycles. The average Bonchev–Trinajstić information content (AvgIpc) is 2.72. The van der Waals surface area contributed by atoms with Gasteiger partial charge in [0.15, 0.2) is 6.61 Å². The number of ether oxygens (including phenoxy) is 2. The first-order valence-electron chi connectivity index (χ1n) is 9.39. The van der Waals surface area contributed by atoms with Crippen LogP contribution in [0.5, 0.6) is 5.75 Å². The molecule has 1 heterocycles. The number of methoxy groups -OCH3 is 1. The number of carbonyl (C=O) groups excluding carboxylic acids is 2. The molecule has 1 amide bonds. The minimum absolute atomic E-state index is 0. The highest BCUT2D eigenvalue weighted by atomic mass is 35.5. The van der Waals surface area contributed by atoms with E-state index in [-0.39, 0.29) is 24.9 Å². The maximum atomic E-state index is 12.4. The predicted molar refractivity (Wildman–Crippen MR) is 112 cm³/mol. The van der Waals surface area contributed by atoms with E-state index >= 15 is 0 Å². The summed E-state index contributed by atoms with van der Waals surface area (Å²) in [6, 6.07) is 11.2. The van der Waals surface area contributed by atoms with E-state index < -0.39 is 5.97 Å². The second-order valence-electron chi connectivity index (χ2n) is 6.80. The molecule has 7 heteroatoms. The van der Waals surface area contributed by atoms with Gasteiger partial charge >= 0.3 is 5.97 Å². The number of hydrogen-bond donors (Lipinski definition) is 2. The predicted octanol–water partition coefficient (Wildman–Crippen LogP) is 3.53. The maximum absolute atomic E-state index is 12.4. The summed E-state index contributed by atoms with van der Waals surface area (Å²) in [6.45, 7) is 1.94. The lowest BCUT2D eigenvalue weighted by Crippen LogP contribution is -2.28. The summed E-state index contributed by atoms with van der Waals surface area (Å²) in [5, 5.41) is 8.10. The van der Waals surface area contributed by atoms with Crippen LogP contribution < -0.4 is 15.4 Å². The van der Waals surface area contributed by atoms with Gasteiger partial charge in [-0.3, -0.25) is 4.79 Å². The Labute approximate surface area is 171 Å². The van der Waals surface area contributed by atoms with Crippen LogP contribution in [-0.4, -0.2) is 38.7 Å². The second-order valence-corrected chi connectivity index (χ2v) is 6.80. The number of hydrogen-bond acceptors (Lipinski definition) is 5. The van der Waals surface area contributed by atoms with Crippen LogP contribution in [0.1, 0.15) is 25.7 Å². The highest BCUT2D eigenvalue weighted by molar-refractivity contribution is 6.04. The van der Waals surface area contributed by atoms with Gasteiger partial charge in [-0.1, -0.05) is 24.3 Å². The summed E-state index contributed by atoms with van der Waals surface area (Å²) in [5.41, 5.74) is 0.756. The lowest BCUT2D eigenvalue weighted by atomic mass is 9.93. The Morgan fingerprint density at radius 2 is 1.82 bits per heavy atom. The van der Waals surface area contributed by atoms with Crippen molar-refractivity contribution in [2.45, 2.75) is 25.7 Å². The number of piperidine rings is 1. The highest BCUT2D eigenvalue weighted by Gasteiger charge is 2.15. The summed E-state index contributed by atoms with van der Waals surface area (Å²) in [5.74, 6) is 0.808. The number of nitrogens with one attached hydrogen (secondary N) is 2. The molecule has 0 aliphatic carbocycles. The number of benzene rings is 2. The van der Waals surface area contributed by atoms with Crippen molar-refractivity contribution >= 4 is 40.7 Å². The van der Waals surface area contributed by atoms with Gasteiger partial charge in [0.05, 0.1) is 7.11 Å². The summed E-state index contributed by atoms with van der Waals surface area (Å²) in [6.07, 6.45) is 3.73. The fraction of sp³-hybridized carbons (Fsp3) is 0.429. The van der Waals surface area contributed by atoms with Crippen LogP contribution in [0.2, 0.25) is 0 Å². The van der Waals surface area contributed by atoms with Gasteiger partial charge in [0.2, 0.25) is 5.91 Å². The fourth-order valence-corrected chi connectivity index (χ4v) is 3.42. The molecule has 0 spiro atoms. The summed E-state index contributed by atoms with van der Waals surface area (Å²) < 4.78 is 10.2. The molecular weight excluding hydrogens is 380 g/mol. The first kappa shape index (κ1) is 22.0. The summed E-state index contributed by atoms with van der Waals surface area (Å²) in [4.78, 5) is 23.7. The Hall–Kier alpha value is -2.31. The van der Waals surface area contributed by atoms with Crippen LogP contribution in [0.3, 0.4) is 0 Å². The molecule has 152 valence electrons. The molecule has 28 heavy (non-hydrogen) atoms. The summed E-state index contributed by atoms with van der Waals surface area (Å²) in [7, 11) is 1.33. The first-order chi connectivity index (χ1) is 13.2. The van der Waals surface area contributed by atoms with Crippen molar-refractivity contribution < 1.29 is 19.1 Å². The molecule has 2 N–H and O–H groups in total. The Morgan fingerprint density at radius 1 is 1.11 bits per heavy atom. The SMILES string of the molecule is COC(=O)COc1ccc(NC(=O)CCC2CCNCC2)c2ccccc12.Cl. The largest absolute Gasteiger partial charge is 0.481 e. The fourth-order valence-electron chi connectivity index (χ4n) is 3.42. The van der Waals surface area contributed by atoms with Crippen LogP contribution >= 0.6 is 12.4 Å². The van der Waals surface area contributed by atoms with Gasteiger partial charge in [0.1, 0.15) is 5.75 Å². The van der Waals surface area contributed by atoms with E-state index in [0.717, 1.165) is 48.8 Å². The van der Waals surface area contributed by atoms with Crippen LogP contribution in [0.25, 0.3) is 10.8 Å². The van der Waals surface area contributed by atoms with Crippen LogP contribution in [0.15, 0.2) is 36.4 Å². The average molecular weight is 407 g/mol. The molecule has 0 atom stereocenters. The van der Waals surface area contributed by atoms with E-state index in [9.17, 15) is 9.59 Å². The van der Waals surface area contributed by atoms with Crippen molar-refractivity contribution in [3.63, 3.8) is 0 Å². The van der Waals surface area contributed by atoms with Gasteiger partial charge in [0.25, 0.3) is 0 Å². The van der Waals surface area contributed by atoms with Crippen molar-refractivity contribution in [1.82, 2.24) is 5.32 Å². The zero-order chi connectivity index (χ0) is 19.1. The van der Waals surface area contributed by atoms with Gasteiger partial charge in [-0.2, -0.15) is 0 Å². The molecule has 1 aliphatic rings. The number of amides is 1. The zero-order valence-corrected chi connectivity index (χ0v) is 16.8. The molecule has 6 nitrogen and oxygen atoms in total. The number of fused-ring (bicyclic) bond motifs is 1. The van der Waals surface area contributed by atoms with E-state index in [2.05, 4.69) is 15.4 Å². The number of rotatable bonds is 7. The third kappa shape index (κ3) is 5.84. The molecule has 0 unspecified atom stereocenters. The van der Waals surface area contributed by atoms with E-state index in [4.69, 9.17) is 4.74 Å². The summed E-state index contributed by atoms with van der Waals surface area (Å²) >= 11 is 0. The van der Waals surface area contributed by atoms with Gasteiger partial charge in [-0.15, -0.1) is 12.4 Å². The number of halogens is 1. The van der Waals surface area contributed by atoms with Crippen LogP contribution in [-0.2, 0) is 14.3 Å². The monoisotopic (exact) mass is 406 g/mol. The van der Waals surface area contributed by atoms with Crippen LogP contribution in [0.4, 0.5) is 5.69 Å². The third-order valence-electron chi connectivity index (χ3n) is 4.97. The van der Waals surface area contributed by atoms with Crippen molar-refractivity contribution in [1.29, 1.82) is 0 Å². The lowest BCUT2D eigenvalue weighted by Gasteiger charge is -2.22. The smallest absolute Gasteiger partial charge is 0.343 e. The Balaban J connectivity index is 0.00000280. The van der Waals surface area contributed by atoms with Gasteiger partial charge < -0.3 is 20.1 Å². The molecule has 0 radical (unpaired) electrons. The van der Waals surface area contributed by atoms with Crippen LogP contribution in [0, 0.1) is 5.92 Å². The van der Waals surface area contributed by atoms with Gasteiger partial charge in [-0.25, -0.2) is 4.79 Å². The molecule has 0 saturated carbocycles. The van der Waals surface area contributed by atoms with Gasteiger partial charge in [-0.05, 0) is 50.4 Å². The molecular formula is C21H27ClN2O4. The minimum atomic E-state index is -0.436. The Kier molecular flexibility index (Phi) is 8.54. The first-order valence-corrected chi connectivity index (χ1v) is 9.39. The van der Waals surface area contributed by atoms with E-state index in [1.807, 2.05) is 30.3 Å². The zero-order valence-electron chi connectivity index (χ0n) is 16.0. The molecule has 3 rings (SSSR count). The van der Waals surface area contributed by atoms with E-state index in [0.29, 0.717) is 18.1 Å². The second kappa shape index (κ2) is 10.9. The Morgan fingerprint density at radius 3 is 2.54 bits per heavy atom. The molecule has 2 aromatic rings. The van der Waals surface area contributed by atoms with Crippen molar-refractivity contribution in [3.8, 4) is 5.75 Å². The molecule has 0 aromatic heterocycles. The molecule has 2 aromatic carbocycles. The Bertz CT molecular complexity index is 806. The topological polar surface area (TPSA) is 76.7 Å². The minimum Gasteiger partial charge on any atom is -0.481 e. The third-order valence-corrected chi connectivity index (χ3v) is 4.97. The van der Waals surface area contributed by atoms with E-state index in [1.54, 1.807) is 6.07 Å². The quantitative estimate of drug-likeness (QED) is 0.688. The lowest BCUT2D eigenvalue weighted by molar-refractivity contribution is -0.142. The van der Waals surface area contributed by atoms with E-state index in [1.165, 1.54) is 7.11 Å².